The summed E-state index contributed by atoms with van der Waals surface area (Å²) in [7, 11) is 0. The molecular formula is C17H28FN3. The van der Waals surface area contributed by atoms with E-state index in [1.807, 2.05) is 12.1 Å². The topological polar surface area (TPSA) is 32.5 Å². The molecule has 0 aromatic heterocycles. The highest BCUT2D eigenvalue weighted by molar-refractivity contribution is 5.48. The van der Waals surface area contributed by atoms with Crippen LogP contribution in [-0.4, -0.2) is 43.7 Å². The minimum absolute atomic E-state index is 0.124. The Labute approximate surface area is 127 Å². The third-order valence-electron chi connectivity index (χ3n) is 4.81. The van der Waals surface area contributed by atoms with Crippen molar-refractivity contribution in [1.29, 1.82) is 0 Å². The van der Waals surface area contributed by atoms with Crippen LogP contribution in [0.25, 0.3) is 0 Å². The summed E-state index contributed by atoms with van der Waals surface area (Å²) in [5.41, 5.74) is 6.74. The number of hydrogen-bond acceptors (Lipinski definition) is 3. The Hall–Kier alpha value is -1.13. The maximum atomic E-state index is 13.9. The molecule has 1 aromatic rings. The predicted octanol–water partition coefficient (Wildman–Crippen LogP) is 2.71. The first kappa shape index (κ1) is 16.2. The van der Waals surface area contributed by atoms with Crippen LogP contribution in [0.4, 0.5) is 10.1 Å². The summed E-state index contributed by atoms with van der Waals surface area (Å²) in [5.74, 6) is 0.538. The predicted molar refractivity (Wildman–Crippen MR) is 87.1 cm³/mol. The summed E-state index contributed by atoms with van der Waals surface area (Å²) in [5, 5.41) is 0. The standard InChI is InChI=1S/C17H28FN3/c1-3-14(4-2)17(13-19)21-11-9-20(10-12-21)16-8-6-5-7-15(16)18/h5-8,14,17H,3-4,9-13,19H2,1-2H3. The number of hydrogen-bond donors (Lipinski definition) is 1. The van der Waals surface area contributed by atoms with Crippen LogP contribution >= 0.6 is 0 Å². The second kappa shape index (κ2) is 7.76. The van der Waals surface area contributed by atoms with Gasteiger partial charge in [-0.2, -0.15) is 0 Å². The van der Waals surface area contributed by atoms with Gasteiger partial charge in [-0.05, 0) is 18.1 Å². The lowest BCUT2D eigenvalue weighted by Crippen LogP contribution is -2.54. The lowest BCUT2D eigenvalue weighted by Gasteiger charge is -2.42. The molecule has 0 radical (unpaired) electrons. The molecule has 1 aliphatic heterocycles. The van der Waals surface area contributed by atoms with Crippen LogP contribution in [0.5, 0.6) is 0 Å². The van der Waals surface area contributed by atoms with E-state index in [2.05, 4.69) is 23.6 Å². The van der Waals surface area contributed by atoms with E-state index in [1.54, 1.807) is 6.07 Å². The average Bonchev–Trinajstić information content (AvgIpc) is 2.53. The van der Waals surface area contributed by atoms with E-state index < -0.39 is 0 Å². The molecule has 2 rings (SSSR count). The third kappa shape index (κ3) is 3.74. The Kier molecular flexibility index (Phi) is 6.00. The number of benzene rings is 1. The highest BCUT2D eigenvalue weighted by Gasteiger charge is 2.28. The summed E-state index contributed by atoms with van der Waals surface area (Å²) < 4.78 is 13.9. The molecule has 1 atom stereocenters. The lowest BCUT2D eigenvalue weighted by molar-refractivity contribution is 0.132. The smallest absolute Gasteiger partial charge is 0.146 e. The van der Waals surface area contributed by atoms with Crippen molar-refractivity contribution in [3.05, 3.63) is 30.1 Å². The number of halogens is 1. The second-order valence-corrected chi connectivity index (χ2v) is 5.85. The van der Waals surface area contributed by atoms with E-state index in [-0.39, 0.29) is 5.82 Å². The first-order valence-electron chi connectivity index (χ1n) is 8.14. The molecule has 0 aliphatic carbocycles. The summed E-state index contributed by atoms with van der Waals surface area (Å²) in [6.45, 7) is 8.87. The first-order chi connectivity index (χ1) is 10.2. The van der Waals surface area contributed by atoms with E-state index in [4.69, 9.17) is 5.73 Å². The van der Waals surface area contributed by atoms with E-state index in [0.717, 1.165) is 31.9 Å². The van der Waals surface area contributed by atoms with Gasteiger partial charge in [0.1, 0.15) is 5.82 Å². The number of piperazine rings is 1. The van der Waals surface area contributed by atoms with Crippen molar-refractivity contribution >= 4 is 5.69 Å². The molecule has 0 spiro atoms. The number of nitrogens with zero attached hydrogens (tertiary/aromatic N) is 2. The third-order valence-corrected chi connectivity index (χ3v) is 4.81. The lowest BCUT2D eigenvalue weighted by atomic mass is 9.92. The molecule has 0 bridgehead atoms. The number of nitrogens with two attached hydrogens (primary N) is 1. The molecule has 3 nitrogen and oxygen atoms in total. The molecule has 0 saturated carbocycles. The minimum Gasteiger partial charge on any atom is -0.367 e. The molecule has 1 fully saturated rings. The Morgan fingerprint density at radius 2 is 1.71 bits per heavy atom. The number of para-hydroxylation sites is 1. The molecule has 1 aromatic carbocycles. The van der Waals surface area contributed by atoms with Crippen molar-refractivity contribution in [3.8, 4) is 0 Å². The van der Waals surface area contributed by atoms with Crippen molar-refractivity contribution in [2.45, 2.75) is 32.7 Å². The monoisotopic (exact) mass is 293 g/mol. The van der Waals surface area contributed by atoms with Crippen LogP contribution < -0.4 is 10.6 Å². The van der Waals surface area contributed by atoms with Crippen LogP contribution in [0.3, 0.4) is 0 Å². The summed E-state index contributed by atoms with van der Waals surface area (Å²) in [6.07, 6.45) is 2.35. The van der Waals surface area contributed by atoms with Crippen molar-refractivity contribution in [3.63, 3.8) is 0 Å². The molecular weight excluding hydrogens is 265 g/mol. The highest BCUT2D eigenvalue weighted by Crippen LogP contribution is 2.23. The van der Waals surface area contributed by atoms with Crippen molar-refractivity contribution in [2.24, 2.45) is 11.7 Å². The van der Waals surface area contributed by atoms with Crippen LogP contribution in [0.1, 0.15) is 26.7 Å². The Morgan fingerprint density at radius 1 is 1.10 bits per heavy atom. The van der Waals surface area contributed by atoms with Gasteiger partial charge in [0.2, 0.25) is 0 Å². The van der Waals surface area contributed by atoms with Crippen molar-refractivity contribution < 1.29 is 4.39 Å². The average molecular weight is 293 g/mol. The molecule has 4 heteroatoms. The molecule has 0 amide bonds. The summed E-state index contributed by atoms with van der Waals surface area (Å²) in [4.78, 5) is 4.64. The van der Waals surface area contributed by atoms with Gasteiger partial charge < -0.3 is 10.6 Å². The molecule has 1 unspecified atom stereocenters. The van der Waals surface area contributed by atoms with Gasteiger partial charge in [0.25, 0.3) is 0 Å². The second-order valence-electron chi connectivity index (χ2n) is 5.85. The van der Waals surface area contributed by atoms with E-state index >= 15 is 0 Å². The Bertz CT molecular complexity index is 426. The van der Waals surface area contributed by atoms with Gasteiger partial charge in [-0.25, -0.2) is 4.39 Å². The number of rotatable bonds is 6. The Morgan fingerprint density at radius 3 is 2.24 bits per heavy atom. The fraction of sp³-hybridized carbons (Fsp3) is 0.647. The molecule has 21 heavy (non-hydrogen) atoms. The van der Waals surface area contributed by atoms with Gasteiger partial charge in [-0.1, -0.05) is 38.8 Å². The normalized spacial score (nSPS) is 18.2. The largest absolute Gasteiger partial charge is 0.367 e. The minimum atomic E-state index is -0.124. The molecule has 2 N–H and O–H groups in total. The van der Waals surface area contributed by atoms with Crippen LogP contribution in [0.2, 0.25) is 0 Å². The van der Waals surface area contributed by atoms with E-state index in [0.29, 0.717) is 18.5 Å². The van der Waals surface area contributed by atoms with Crippen LogP contribution in [0, 0.1) is 11.7 Å². The number of anilines is 1. The van der Waals surface area contributed by atoms with Crippen LogP contribution in [-0.2, 0) is 0 Å². The maximum Gasteiger partial charge on any atom is 0.146 e. The SMILES string of the molecule is CCC(CC)C(CN)N1CCN(c2ccccc2F)CC1. The zero-order valence-electron chi connectivity index (χ0n) is 13.3. The van der Waals surface area contributed by atoms with Gasteiger partial charge in [0.15, 0.2) is 0 Å². The van der Waals surface area contributed by atoms with Crippen molar-refractivity contribution in [2.75, 3.05) is 37.6 Å². The van der Waals surface area contributed by atoms with Gasteiger partial charge in [0, 0.05) is 38.8 Å². The molecule has 1 aliphatic rings. The van der Waals surface area contributed by atoms with E-state index in [9.17, 15) is 4.39 Å². The van der Waals surface area contributed by atoms with Gasteiger partial charge in [0.05, 0.1) is 5.69 Å². The Balaban J connectivity index is 1.98. The quantitative estimate of drug-likeness (QED) is 0.875. The summed E-state index contributed by atoms with van der Waals surface area (Å²) in [6, 6.07) is 7.51. The highest BCUT2D eigenvalue weighted by atomic mass is 19.1. The molecule has 1 saturated heterocycles. The van der Waals surface area contributed by atoms with Crippen molar-refractivity contribution in [1.82, 2.24) is 4.90 Å². The molecule has 118 valence electrons. The van der Waals surface area contributed by atoms with Gasteiger partial charge in [-0.15, -0.1) is 0 Å². The first-order valence-corrected chi connectivity index (χ1v) is 8.14. The maximum absolute atomic E-state index is 13.9. The van der Waals surface area contributed by atoms with Gasteiger partial charge in [-0.3, -0.25) is 4.90 Å². The fourth-order valence-corrected chi connectivity index (χ4v) is 3.48. The van der Waals surface area contributed by atoms with Gasteiger partial charge >= 0.3 is 0 Å². The fourth-order valence-electron chi connectivity index (χ4n) is 3.48. The summed E-state index contributed by atoms with van der Waals surface area (Å²) >= 11 is 0. The molecule has 1 heterocycles. The zero-order chi connectivity index (χ0) is 15.2. The van der Waals surface area contributed by atoms with Crippen LogP contribution in [0.15, 0.2) is 24.3 Å². The zero-order valence-corrected chi connectivity index (χ0v) is 13.3. The van der Waals surface area contributed by atoms with E-state index in [1.165, 1.54) is 18.9 Å².